The van der Waals surface area contributed by atoms with E-state index in [1.54, 1.807) is 13.0 Å². The first kappa shape index (κ1) is 12.9. The molecular formula is C15H15ClFN. The average Bonchev–Trinajstić information content (AvgIpc) is 2.36. The van der Waals surface area contributed by atoms with Gasteiger partial charge in [0.25, 0.3) is 0 Å². The number of hydrogen-bond donors (Lipinski definition) is 1. The Bertz CT molecular complexity index is 537. The predicted molar refractivity (Wildman–Crippen MR) is 74.6 cm³/mol. The molecule has 0 aromatic heterocycles. The molecule has 0 amide bonds. The van der Waals surface area contributed by atoms with E-state index >= 15 is 0 Å². The maximum Gasteiger partial charge on any atom is 0.128 e. The van der Waals surface area contributed by atoms with Gasteiger partial charge in [0.2, 0.25) is 0 Å². The highest BCUT2D eigenvalue weighted by atomic mass is 35.5. The van der Waals surface area contributed by atoms with Gasteiger partial charge in [0.05, 0.1) is 0 Å². The van der Waals surface area contributed by atoms with E-state index in [9.17, 15) is 4.39 Å². The van der Waals surface area contributed by atoms with Crippen molar-refractivity contribution in [2.24, 2.45) is 0 Å². The van der Waals surface area contributed by atoms with Gasteiger partial charge in [0, 0.05) is 22.3 Å². The lowest BCUT2D eigenvalue weighted by Gasteiger charge is -2.17. The molecule has 1 nitrogen and oxygen atoms in total. The minimum Gasteiger partial charge on any atom is -0.378 e. The Morgan fingerprint density at radius 2 is 1.78 bits per heavy atom. The summed E-state index contributed by atoms with van der Waals surface area (Å²) in [5, 5.41) is 4.02. The highest BCUT2D eigenvalue weighted by Gasteiger charge is 2.08. The van der Waals surface area contributed by atoms with Gasteiger partial charge in [0.15, 0.2) is 0 Å². The fraction of sp³-hybridized carbons (Fsp3) is 0.200. The van der Waals surface area contributed by atoms with E-state index in [2.05, 4.69) is 5.32 Å². The molecule has 0 aliphatic carbocycles. The molecular weight excluding hydrogens is 249 g/mol. The molecule has 2 aromatic carbocycles. The van der Waals surface area contributed by atoms with Crippen LogP contribution in [-0.2, 0) is 0 Å². The van der Waals surface area contributed by atoms with Crippen LogP contribution in [0.15, 0.2) is 42.5 Å². The molecule has 0 aliphatic heterocycles. The van der Waals surface area contributed by atoms with Crippen molar-refractivity contribution in [2.45, 2.75) is 19.9 Å². The van der Waals surface area contributed by atoms with Crippen LogP contribution < -0.4 is 5.32 Å². The van der Waals surface area contributed by atoms with Crippen molar-refractivity contribution in [3.05, 3.63) is 64.4 Å². The second-order valence-corrected chi connectivity index (χ2v) is 4.77. The van der Waals surface area contributed by atoms with E-state index in [4.69, 9.17) is 11.6 Å². The Balaban J connectivity index is 2.18. The largest absolute Gasteiger partial charge is 0.378 e. The van der Waals surface area contributed by atoms with E-state index < -0.39 is 0 Å². The number of nitrogens with one attached hydrogen (secondary N) is 1. The number of benzene rings is 2. The van der Waals surface area contributed by atoms with Gasteiger partial charge < -0.3 is 5.32 Å². The summed E-state index contributed by atoms with van der Waals surface area (Å²) in [6.45, 7) is 3.81. The summed E-state index contributed by atoms with van der Waals surface area (Å²) in [5.74, 6) is -0.191. The van der Waals surface area contributed by atoms with E-state index in [-0.39, 0.29) is 11.9 Å². The Morgan fingerprint density at radius 3 is 2.44 bits per heavy atom. The third-order valence-corrected chi connectivity index (χ3v) is 3.26. The van der Waals surface area contributed by atoms with Gasteiger partial charge in [-0.15, -0.1) is 0 Å². The molecule has 0 aliphatic rings. The maximum absolute atomic E-state index is 13.4. The van der Waals surface area contributed by atoms with Crippen molar-refractivity contribution in [3.63, 3.8) is 0 Å². The second-order valence-electron chi connectivity index (χ2n) is 4.33. The molecule has 94 valence electrons. The summed E-state index contributed by atoms with van der Waals surface area (Å²) in [6, 6.07) is 12.8. The highest BCUT2D eigenvalue weighted by Crippen LogP contribution is 2.24. The minimum atomic E-state index is -0.191. The van der Waals surface area contributed by atoms with Crippen molar-refractivity contribution >= 4 is 17.3 Å². The number of anilines is 1. The first-order valence-corrected chi connectivity index (χ1v) is 6.23. The molecule has 0 bridgehead atoms. The maximum atomic E-state index is 13.4. The molecule has 0 radical (unpaired) electrons. The molecule has 2 aromatic rings. The summed E-state index contributed by atoms with van der Waals surface area (Å²) >= 11 is 5.85. The van der Waals surface area contributed by atoms with Crippen molar-refractivity contribution < 1.29 is 4.39 Å². The monoisotopic (exact) mass is 263 g/mol. The first-order valence-electron chi connectivity index (χ1n) is 5.85. The molecule has 0 saturated heterocycles. The Kier molecular flexibility index (Phi) is 3.87. The lowest BCUT2D eigenvalue weighted by Crippen LogP contribution is -2.08. The quantitative estimate of drug-likeness (QED) is 0.825. The van der Waals surface area contributed by atoms with Crippen molar-refractivity contribution in [1.29, 1.82) is 0 Å². The second kappa shape index (κ2) is 5.40. The van der Waals surface area contributed by atoms with Gasteiger partial charge in [-0.1, -0.05) is 29.8 Å². The van der Waals surface area contributed by atoms with Crippen LogP contribution in [0.1, 0.15) is 24.1 Å². The summed E-state index contributed by atoms with van der Waals surface area (Å²) < 4.78 is 13.4. The molecule has 18 heavy (non-hydrogen) atoms. The van der Waals surface area contributed by atoms with Gasteiger partial charge in [-0.25, -0.2) is 4.39 Å². The van der Waals surface area contributed by atoms with E-state index in [1.807, 2.05) is 37.3 Å². The summed E-state index contributed by atoms with van der Waals surface area (Å²) in [4.78, 5) is 0. The third kappa shape index (κ3) is 2.82. The van der Waals surface area contributed by atoms with Crippen LogP contribution in [0.3, 0.4) is 0 Å². The highest BCUT2D eigenvalue weighted by molar-refractivity contribution is 6.30. The van der Waals surface area contributed by atoms with Crippen LogP contribution in [-0.4, -0.2) is 0 Å². The molecule has 1 unspecified atom stereocenters. The number of halogens is 2. The summed E-state index contributed by atoms with van der Waals surface area (Å²) in [7, 11) is 0. The summed E-state index contributed by atoms with van der Waals surface area (Å²) in [5.41, 5.74) is 2.57. The normalized spacial score (nSPS) is 12.2. The van der Waals surface area contributed by atoms with Crippen LogP contribution >= 0.6 is 11.6 Å². The third-order valence-electron chi connectivity index (χ3n) is 3.01. The average molecular weight is 264 g/mol. The smallest absolute Gasteiger partial charge is 0.128 e. The van der Waals surface area contributed by atoms with Crippen molar-refractivity contribution in [2.75, 3.05) is 5.32 Å². The molecule has 3 heteroatoms. The van der Waals surface area contributed by atoms with E-state index in [0.717, 1.165) is 11.3 Å². The Hall–Kier alpha value is -1.54. The van der Waals surface area contributed by atoms with Crippen molar-refractivity contribution in [3.8, 4) is 0 Å². The van der Waals surface area contributed by atoms with Gasteiger partial charge >= 0.3 is 0 Å². The molecule has 0 heterocycles. The van der Waals surface area contributed by atoms with Crippen molar-refractivity contribution in [1.82, 2.24) is 0 Å². The minimum absolute atomic E-state index is 0.0998. The van der Waals surface area contributed by atoms with Gasteiger partial charge in [-0.3, -0.25) is 0 Å². The van der Waals surface area contributed by atoms with Gasteiger partial charge in [-0.05, 0) is 43.7 Å². The standard InChI is InChI=1S/C15H15ClFN/c1-10-14(17)4-3-5-15(10)18-11(2)12-6-8-13(16)9-7-12/h3-9,11,18H,1-2H3. The SMILES string of the molecule is Cc1c(F)cccc1NC(C)c1ccc(Cl)cc1. The molecule has 0 saturated carbocycles. The molecule has 0 spiro atoms. The van der Waals surface area contributed by atoms with Crippen LogP contribution in [0.25, 0.3) is 0 Å². The van der Waals surface area contributed by atoms with Crippen LogP contribution in [0.5, 0.6) is 0 Å². The lowest BCUT2D eigenvalue weighted by atomic mass is 10.1. The Morgan fingerprint density at radius 1 is 1.11 bits per heavy atom. The van der Waals surface area contributed by atoms with Crippen LogP contribution in [0.4, 0.5) is 10.1 Å². The number of rotatable bonds is 3. The van der Waals surface area contributed by atoms with E-state index in [1.165, 1.54) is 6.07 Å². The topological polar surface area (TPSA) is 12.0 Å². The fourth-order valence-corrected chi connectivity index (χ4v) is 1.96. The summed E-state index contributed by atoms with van der Waals surface area (Å²) in [6.07, 6.45) is 0. The van der Waals surface area contributed by atoms with Crippen LogP contribution in [0, 0.1) is 12.7 Å². The lowest BCUT2D eigenvalue weighted by molar-refractivity contribution is 0.618. The van der Waals surface area contributed by atoms with Gasteiger partial charge in [-0.2, -0.15) is 0 Å². The van der Waals surface area contributed by atoms with Gasteiger partial charge in [0.1, 0.15) is 5.82 Å². The zero-order chi connectivity index (χ0) is 13.1. The number of hydrogen-bond acceptors (Lipinski definition) is 1. The first-order chi connectivity index (χ1) is 8.58. The molecule has 1 atom stereocenters. The van der Waals surface area contributed by atoms with E-state index in [0.29, 0.717) is 10.6 Å². The molecule has 2 rings (SSSR count). The predicted octanol–water partition coefficient (Wildman–Crippen LogP) is 4.96. The zero-order valence-electron chi connectivity index (χ0n) is 10.4. The zero-order valence-corrected chi connectivity index (χ0v) is 11.1. The molecule has 0 fully saturated rings. The molecule has 1 N–H and O–H groups in total. The fourth-order valence-electron chi connectivity index (χ4n) is 1.83. The van der Waals surface area contributed by atoms with Crippen LogP contribution in [0.2, 0.25) is 5.02 Å². The Labute approximate surface area is 112 Å².